The second kappa shape index (κ2) is 7.95. The lowest BCUT2D eigenvalue weighted by molar-refractivity contribution is -0.130. The molecule has 0 radical (unpaired) electrons. The first-order valence-corrected chi connectivity index (χ1v) is 9.95. The van der Waals surface area contributed by atoms with Crippen LogP contribution in [0.3, 0.4) is 0 Å². The third-order valence-corrected chi connectivity index (χ3v) is 5.56. The fourth-order valence-corrected chi connectivity index (χ4v) is 4.03. The number of benzene rings is 2. The van der Waals surface area contributed by atoms with E-state index in [-0.39, 0.29) is 11.9 Å². The molecular weight excluding hydrogens is 402 g/mol. The van der Waals surface area contributed by atoms with Gasteiger partial charge < -0.3 is 9.47 Å². The van der Waals surface area contributed by atoms with Crippen LogP contribution in [-0.2, 0) is 4.79 Å². The summed E-state index contributed by atoms with van der Waals surface area (Å²) in [6.45, 7) is 3.53. The van der Waals surface area contributed by atoms with Gasteiger partial charge in [-0.2, -0.15) is 5.10 Å². The Labute approximate surface area is 180 Å². The van der Waals surface area contributed by atoms with Gasteiger partial charge in [0.25, 0.3) is 0 Å². The molecular formula is C23H22ClN3O3. The number of ether oxygens (including phenoxy) is 2. The number of aromatic nitrogens is 1. The Morgan fingerprint density at radius 2 is 1.87 bits per heavy atom. The molecule has 0 N–H and O–H groups in total. The Bertz CT molecular complexity index is 1180. The molecule has 0 bridgehead atoms. The fourth-order valence-electron chi connectivity index (χ4n) is 3.76. The van der Waals surface area contributed by atoms with Crippen LogP contribution in [0.25, 0.3) is 10.9 Å². The highest BCUT2D eigenvalue weighted by molar-refractivity contribution is 6.30. The van der Waals surface area contributed by atoms with Crippen LogP contribution in [-0.4, -0.2) is 35.8 Å². The quantitative estimate of drug-likeness (QED) is 0.559. The molecule has 0 saturated carbocycles. The van der Waals surface area contributed by atoms with E-state index in [0.29, 0.717) is 23.1 Å². The molecule has 0 aliphatic carbocycles. The first-order valence-electron chi connectivity index (χ1n) is 9.57. The Balaban J connectivity index is 1.75. The topological polar surface area (TPSA) is 64.0 Å². The molecule has 30 heavy (non-hydrogen) atoms. The van der Waals surface area contributed by atoms with Crippen LogP contribution in [0, 0.1) is 6.92 Å². The van der Waals surface area contributed by atoms with Gasteiger partial charge in [-0.1, -0.05) is 23.2 Å². The largest absolute Gasteiger partial charge is 0.493 e. The predicted molar refractivity (Wildman–Crippen MR) is 117 cm³/mol. The normalized spacial score (nSPS) is 16.0. The van der Waals surface area contributed by atoms with E-state index >= 15 is 0 Å². The van der Waals surface area contributed by atoms with Crippen molar-refractivity contribution in [2.75, 3.05) is 14.2 Å². The van der Waals surface area contributed by atoms with E-state index in [9.17, 15) is 4.79 Å². The first-order chi connectivity index (χ1) is 14.4. The van der Waals surface area contributed by atoms with Crippen LogP contribution in [0.15, 0.2) is 47.6 Å². The van der Waals surface area contributed by atoms with E-state index in [2.05, 4.69) is 16.2 Å². The molecule has 0 fully saturated rings. The number of hydrogen-bond donors (Lipinski definition) is 0. The zero-order chi connectivity index (χ0) is 21.4. The Morgan fingerprint density at radius 1 is 1.10 bits per heavy atom. The number of aryl methyl sites for hydroxylation is 1. The summed E-state index contributed by atoms with van der Waals surface area (Å²) < 4.78 is 10.7. The van der Waals surface area contributed by atoms with Crippen LogP contribution in [0.4, 0.5) is 0 Å². The fraction of sp³-hybridized carbons (Fsp3) is 0.261. The summed E-state index contributed by atoms with van der Waals surface area (Å²) in [5.74, 6) is 1.09. The van der Waals surface area contributed by atoms with E-state index in [1.54, 1.807) is 14.2 Å². The lowest BCUT2D eigenvalue weighted by atomic mass is 9.98. The number of rotatable bonds is 4. The highest BCUT2D eigenvalue weighted by Crippen LogP contribution is 2.38. The summed E-state index contributed by atoms with van der Waals surface area (Å²) >= 11 is 6.54. The highest BCUT2D eigenvalue weighted by Gasteiger charge is 2.33. The van der Waals surface area contributed by atoms with Gasteiger partial charge in [-0.15, -0.1) is 0 Å². The van der Waals surface area contributed by atoms with Gasteiger partial charge in [0.15, 0.2) is 11.5 Å². The zero-order valence-electron chi connectivity index (χ0n) is 17.3. The van der Waals surface area contributed by atoms with E-state index < -0.39 is 0 Å². The van der Waals surface area contributed by atoms with Gasteiger partial charge in [0, 0.05) is 29.9 Å². The molecule has 2 heterocycles. The number of fused-ring (bicyclic) bond motifs is 1. The van der Waals surface area contributed by atoms with Crippen molar-refractivity contribution in [2.24, 2.45) is 5.10 Å². The van der Waals surface area contributed by atoms with Crippen molar-refractivity contribution in [2.45, 2.75) is 26.3 Å². The van der Waals surface area contributed by atoms with Gasteiger partial charge in [-0.25, -0.2) is 9.99 Å². The Kier molecular flexibility index (Phi) is 5.35. The number of carbonyl (C=O) groups excluding carboxylic acids is 1. The van der Waals surface area contributed by atoms with Crippen LogP contribution >= 0.6 is 11.6 Å². The molecule has 0 unspecified atom stereocenters. The van der Waals surface area contributed by atoms with Crippen molar-refractivity contribution in [1.82, 2.24) is 9.99 Å². The minimum atomic E-state index is -0.324. The van der Waals surface area contributed by atoms with Crippen molar-refractivity contribution < 1.29 is 14.3 Å². The number of hydrazone groups is 1. The average Bonchev–Trinajstić information content (AvgIpc) is 3.18. The van der Waals surface area contributed by atoms with Crippen LogP contribution in [0.1, 0.15) is 36.1 Å². The molecule has 3 aromatic rings. The summed E-state index contributed by atoms with van der Waals surface area (Å²) in [6, 6.07) is 13.3. The van der Waals surface area contributed by atoms with Gasteiger partial charge in [-0.05, 0) is 43.3 Å². The molecule has 4 rings (SSSR count). The molecule has 154 valence electrons. The van der Waals surface area contributed by atoms with Crippen molar-refractivity contribution in [3.05, 3.63) is 64.3 Å². The maximum Gasteiger partial charge on any atom is 0.240 e. The molecule has 6 nitrogen and oxygen atoms in total. The van der Waals surface area contributed by atoms with Gasteiger partial charge in [0.2, 0.25) is 5.91 Å². The van der Waals surface area contributed by atoms with Crippen molar-refractivity contribution >= 4 is 34.1 Å². The lowest BCUT2D eigenvalue weighted by Crippen LogP contribution is -2.24. The van der Waals surface area contributed by atoms with Crippen molar-refractivity contribution in [1.29, 1.82) is 0 Å². The number of hydrogen-bond acceptors (Lipinski definition) is 5. The van der Waals surface area contributed by atoms with E-state index in [1.165, 1.54) is 11.9 Å². The van der Waals surface area contributed by atoms with Gasteiger partial charge >= 0.3 is 0 Å². The average molecular weight is 424 g/mol. The van der Waals surface area contributed by atoms with Crippen molar-refractivity contribution in [3.63, 3.8) is 0 Å². The summed E-state index contributed by atoms with van der Waals surface area (Å²) in [4.78, 5) is 16.9. The van der Waals surface area contributed by atoms with Crippen LogP contribution < -0.4 is 9.47 Å². The van der Waals surface area contributed by atoms with E-state index in [0.717, 1.165) is 33.3 Å². The number of amides is 1. The molecule has 1 aromatic heterocycles. The minimum absolute atomic E-state index is 0.157. The number of halogens is 1. The molecule has 0 spiro atoms. The molecule has 1 atom stereocenters. The molecule has 1 aliphatic rings. The standard InChI is InChI=1S/C23H22ClN3O3/c1-13-5-7-18-16(9-13)10-17(23(24)25-18)20-12-19(26-27(20)14(2)28)15-6-8-21(29-3)22(11-15)30-4/h5-11,20H,12H2,1-4H3/t20-/m1/s1. The van der Waals surface area contributed by atoms with Gasteiger partial charge in [0.05, 0.1) is 31.5 Å². The molecule has 7 heteroatoms. The minimum Gasteiger partial charge on any atom is -0.493 e. The smallest absolute Gasteiger partial charge is 0.240 e. The lowest BCUT2D eigenvalue weighted by Gasteiger charge is -2.21. The van der Waals surface area contributed by atoms with E-state index in [4.69, 9.17) is 21.1 Å². The second-order valence-electron chi connectivity index (χ2n) is 7.26. The number of methoxy groups -OCH3 is 2. The van der Waals surface area contributed by atoms with Crippen LogP contribution in [0.5, 0.6) is 11.5 Å². The summed E-state index contributed by atoms with van der Waals surface area (Å²) in [5, 5.41) is 7.45. The predicted octanol–water partition coefficient (Wildman–Crippen LogP) is 4.91. The van der Waals surface area contributed by atoms with Gasteiger partial charge in [-0.3, -0.25) is 4.79 Å². The SMILES string of the molecule is COc1ccc(C2=NN(C(C)=O)[C@@H](c3cc4cc(C)ccc4nc3Cl)C2)cc1OC. The first kappa shape index (κ1) is 20.2. The highest BCUT2D eigenvalue weighted by atomic mass is 35.5. The number of pyridine rings is 1. The summed E-state index contributed by atoms with van der Waals surface area (Å²) in [7, 11) is 3.18. The Morgan fingerprint density at radius 3 is 2.57 bits per heavy atom. The van der Waals surface area contributed by atoms with Crippen molar-refractivity contribution in [3.8, 4) is 11.5 Å². The van der Waals surface area contributed by atoms with E-state index in [1.807, 2.05) is 43.3 Å². The third kappa shape index (κ3) is 3.59. The number of nitrogens with zero attached hydrogens (tertiary/aromatic N) is 3. The zero-order valence-corrected chi connectivity index (χ0v) is 18.0. The van der Waals surface area contributed by atoms with Gasteiger partial charge in [0.1, 0.15) is 5.15 Å². The monoisotopic (exact) mass is 423 g/mol. The van der Waals surface area contributed by atoms with Crippen LogP contribution in [0.2, 0.25) is 5.15 Å². The second-order valence-corrected chi connectivity index (χ2v) is 7.62. The summed E-state index contributed by atoms with van der Waals surface area (Å²) in [5.41, 5.74) is 4.38. The Hall–Kier alpha value is -3.12. The molecule has 2 aromatic carbocycles. The molecule has 0 saturated heterocycles. The molecule has 1 aliphatic heterocycles. The third-order valence-electron chi connectivity index (χ3n) is 5.26. The molecule has 1 amide bonds. The maximum absolute atomic E-state index is 12.4. The maximum atomic E-state index is 12.4. The number of carbonyl (C=O) groups is 1. The summed E-state index contributed by atoms with van der Waals surface area (Å²) in [6.07, 6.45) is 0.522.